The van der Waals surface area contributed by atoms with Gasteiger partial charge in [0.1, 0.15) is 0 Å². The van der Waals surface area contributed by atoms with Crippen LogP contribution in [-0.2, 0) is 14.3 Å². The lowest BCUT2D eigenvalue weighted by atomic mass is 10.2. The van der Waals surface area contributed by atoms with Crippen molar-refractivity contribution in [3.05, 3.63) is 39.9 Å². The second-order valence-corrected chi connectivity index (χ2v) is 9.53. The van der Waals surface area contributed by atoms with Gasteiger partial charge in [0.2, 0.25) is 11.8 Å². The van der Waals surface area contributed by atoms with E-state index in [-0.39, 0.29) is 24.8 Å². The van der Waals surface area contributed by atoms with Crippen molar-refractivity contribution < 1.29 is 19.4 Å². The van der Waals surface area contributed by atoms with Gasteiger partial charge >= 0.3 is 0 Å². The molecular formula is C24H34Cl2N4O4. The van der Waals surface area contributed by atoms with Crippen molar-refractivity contribution in [2.45, 2.75) is 12.5 Å². The summed E-state index contributed by atoms with van der Waals surface area (Å²) in [7, 11) is 1.71. The van der Waals surface area contributed by atoms with Crippen molar-refractivity contribution in [1.82, 2.24) is 19.6 Å². The number of β-amino-alcohol motifs (C(OH)–C–C–N with tert-alkyl or cyclic N) is 1. The first-order valence-corrected chi connectivity index (χ1v) is 12.4. The fourth-order valence-electron chi connectivity index (χ4n) is 4.20. The molecule has 2 heterocycles. The Morgan fingerprint density at radius 3 is 2.50 bits per heavy atom. The molecular weight excluding hydrogens is 479 g/mol. The van der Waals surface area contributed by atoms with E-state index in [1.165, 1.54) is 6.08 Å². The van der Waals surface area contributed by atoms with Crippen LogP contribution in [0.3, 0.4) is 0 Å². The summed E-state index contributed by atoms with van der Waals surface area (Å²) < 4.78 is 5.13. The molecule has 1 aromatic carbocycles. The molecule has 8 nitrogen and oxygen atoms in total. The molecule has 2 amide bonds. The van der Waals surface area contributed by atoms with E-state index >= 15 is 0 Å². The molecule has 0 radical (unpaired) electrons. The average molecular weight is 513 g/mol. The number of hydrogen-bond acceptors (Lipinski definition) is 6. The maximum absolute atomic E-state index is 12.6. The Labute approximate surface area is 211 Å². The topological polar surface area (TPSA) is 76.6 Å². The van der Waals surface area contributed by atoms with E-state index in [4.69, 9.17) is 27.9 Å². The highest BCUT2D eigenvalue weighted by atomic mass is 35.5. The molecule has 10 heteroatoms. The number of ether oxygens (including phenoxy) is 1. The fourth-order valence-corrected chi connectivity index (χ4v) is 4.50. The van der Waals surface area contributed by atoms with Crippen LogP contribution >= 0.6 is 23.2 Å². The van der Waals surface area contributed by atoms with Crippen LogP contribution in [0.15, 0.2) is 24.3 Å². The number of methoxy groups -OCH3 is 1. The highest BCUT2D eigenvalue weighted by molar-refractivity contribution is 6.42. The van der Waals surface area contributed by atoms with E-state index in [1.54, 1.807) is 41.2 Å². The quantitative estimate of drug-likeness (QED) is 0.507. The summed E-state index contributed by atoms with van der Waals surface area (Å²) in [5.41, 5.74) is 0.776. The predicted octanol–water partition coefficient (Wildman–Crippen LogP) is 1.69. The highest BCUT2D eigenvalue weighted by Crippen LogP contribution is 2.23. The van der Waals surface area contributed by atoms with E-state index in [0.717, 1.165) is 44.9 Å². The van der Waals surface area contributed by atoms with Gasteiger partial charge in [0, 0.05) is 85.1 Å². The van der Waals surface area contributed by atoms with Crippen LogP contribution in [0.4, 0.5) is 0 Å². The molecule has 1 aromatic rings. The lowest BCUT2D eigenvalue weighted by molar-refractivity contribution is -0.131. The molecule has 2 aliphatic heterocycles. The molecule has 34 heavy (non-hydrogen) atoms. The normalized spacial score (nSPS) is 19.6. The van der Waals surface area contributed by atoms with Crippen LogP contribution in [0.5, 0.6) is 0 Å². The fraction of sp³-hybridized carbons (Fsp3) is 0.583. The summed E-state index contributed by atoms with van der Waals surface area (Å²) in [6, 6.07) is 5.16. The number of hydrogen-bond donors (Lipinski definition) is 1. The van der Waals surface area contributed by atoms with Crippen LogP contribution in [0.25, 0.3) is 6.08 Å². The third-order valence-electron chi connectivity index (χ3n) is 6.24. The monoisotopic (exact) mass is 512 g/mol. The van der Waals surface area contributed by atoms with Crippen LogP contribution in [-0.4, -0.2) is 122 Å². The van der Waals surface area contributed by atoms with Crippen LogP contribution in [0.2, 0.25) is 10.0 Å². The Morgan fingerprint density at radius 1 is 1.06 bits per heavy atom. The Hall–Kier alpha value is -1.68. The molecule has 1 N–H and O–H groups in total. The van der Waals surface area contributed by atoms with Gasteiger partial charge < -0.3 is 19.6 Å². The Balaban J connectivity index is 1.44. The van der Waals surface area contributed by atoms with Crippen molar-refractivity contribution >= 4 is 41.1 Å². The molecule has 2 fully saturated rings. The average Bonchev–Trinajstić information content (AvgIpc) is 3.00. The number of benzene rings is 1. The summed E-state index contributed by atoms with van der Waals surface area (Å²) in [6.07, 6.45) is 2.80. The third kappa shape index (κ3) is 8.22. The van der Waals surface area contributed by atoms with Crippen LogP contribution in [0, 0.1) is 0 Å². The molecule has 3 rings (SSSR count). The van der Waals surface area contributed by atoms with Crippen LogP contribution in [0.1, 0.15) is 12.0 Å². The van der Waals surface area contributed by atoms with Crippen LogP contribution < -0.4 is 0 Å². The predicted molar refractivity (Wildman–Crippen MR) is 134 cm³/mol. The molecule has 1 atom stereocenters. The highest BCUT2D eigenvalue weighted by Gasteiger charge is 2.26. The van der Waals surface area contributed by atoms with E-state index < -0.39 is 6.10 Å². The van der Waals surface area contributed by atoms with Gasteiger partial charge in [0.15, 0.2) is 0 Å². The molecule has 0 saturated carbocycles. The Morgan fingerprint density at radius 2 is 1.79 bits per heavy atom. The Kier molecular flexibility index (Phi) is 10.6. The molecule has 0 spiro atoms. The van der Waals surface area contributed by atoms with Gasteiger partial charge in [-0.2, -0.15) is 0 Å². The first-order valence-electron chi connectivity index (χ1n) is 11.7. The summed E-state index contributed by atoms with van der Waals surface area (Å²) in [4.78, 5) is 33.2. The summed E-state index contributed by atoms with van der Waals surface area (Å²) >= 11 is 12.0. The maximum Gasteiger partial charge on any atom is 0.246 e. The van der Waals surface area contributed by atoms with Crippen molar-refractivity contribution in [1.29, 1.82) is 0 Å². The van der Waals surface area contributed by atoms with Crippen molar-refractivity contribution in [2.75, 3.05) is 79.2 Å². The van der Waals surface area contributed by atoms with E-state index in [2.05, 4.69) is 9.80 Å². The Bertz CT molecular complexity index is 861. The molecule has 2 saturated heterocycles. The smallest absolute Gasteiger partial charge is 0.246 e. The molecule has 0 aliphatic carbocycles. The van der Waals surface area contributed by atoms with Crippen molar-refractivity contribution in [3.63, 3.8) is 0 Å². The van der Waals surface area contributed by atoms with Gasteiger partial charge in [-0.3, -0.25) is 19.4 Å². The molecule has 0 aromatic heterocycles. The molecule has 0 bridgehead atoms. The zero-order chi connectivity index (χ0) is 24.5. The summed E-state index contributed by atoms with van der Waals surface area (Å²) in [5.74, 6) is -0.195. The number of amides is 2. The number of piperazine rings is 1. The second-order valence-electron chi connectivity index (χ2n) is 8.71. The number of halogens is 2. The minimum atomic E-state index is -0.619. The first kappa shape index (κ1) is 26.9. The maximum atomic E-state index is 12.6. The zero-order valence-electron chi connectivity index (χ0n) is 19.7. The number of carbonyl (C=O) groups excluding carboxylic acids is 2. The SMILES string of the molecule is COCCN1CCN(CC(O)CN2CCN(C(=O)C=Cc3ccc(Cl)c(Cl)c3)CCC2=O)CC1. The summed E-state index contributed by atoms with van der Waals surface area (Å²) in [6.45, 7) is 7.35. The van der Waals surface area contributed by atoms with Crippen molar-refractivity contribution in [2.24, 2.45) is 0 Å². The lowest BCUT2D eigenvalue weighted by Crippen LogP contribution is -2.51. The van der Waals surface area contributed by atoms with Gasteiger partial charge in [-0.05, 0) is 23.8 Å². The van der Waals surface area contributed by atoms with Gasteiger partial charge in [0.05, 0.1) is 22.8 Å². The van der Waals surface area contributed by atoms with E-state index in [9.17, 15) is 14.7 Å². The minimum absolute atomic E-state index is 0.0350. The number of nitrogens with zero attached hydrogens (tertiary/aromatic N) is 4. The number of aliphatic hydroxyl groups is 1. The standard InChI is InChI=1S/C24H34Cl2N4O4/c1-34-15-14-27-8-10-28(11-9-27)17-20(31)18-30-13-12-29(7-6-24(30)33)23(32)5-3-19-2-4-21(25)22(26)16-19/h2-5,16,20,31H,6-15,17-18H2,1H3. The van der Waals surface area contributed by atoms with E-state index in [0.29, 0.717) is 36.2 Å². The second kappa shape index (κ2) is 13.4. The summed E-state index contributed by atoms with van der Waals surface area (Å²) in [5, 5.41) is 11.5. The minimum Gasteiger partial charge on any atom is -0.390 e. The number of rotatable bonds is 9. The first-order chi connectivity index (χ1) is 16.4. The zero-order valence-corrected chi connectivity index (χ0v) is 21.2. The number of aliphatic hydroxyl groups excluding tert-OH is 1. The van der Waals surface area contributed by atoms with E-state index in [1.807, 2.05) is 0 Å². The van der Waals surface area contributed by atoms with Gasteiger partial charge in [0.25, 0.3) is 0 Å². The third-order valence-corrected chi connectivity index (χ3v) is 6.98. The van der Waals surface area contributed by atoms with Gasteiger partial charge in [-0.25, -0.2) is 0 Å². The molecule has 2 aliphatic rings. The lowest BCUT2D eigenvalue weighted by Gasteiger charge is -2.36. The number of carbonyl (C=O) groups is 2. The van der Waals surface area contributed by atoms with Gasteiger partial charge in [-0.1, -0.05) is 29.3 Å². The largest absolute Gasteiger partial charge is 0.390 e. The molecule has 188 valence electrons. The van der Waals surface area contributed by atoms with Gasteiger partial charge in [-0.15, -0.1) is 0 Å². The van der Waals surface area contributed by atoms with Crippen molar-refractivity contribution in [3.8, 4) is 0 Å². The molecule has 1 unspecified atom stereocenters.